The standard InChI is InChI=1S/C18H24N2O4/c1-13(2)17(21)23-12-24-18(22)20-11-14(9-10-19(3)4)15-7-5-6-8-16(15)20/h5-8,11,13H,9-10,12H2,1-4H3. The number of aromatic nitrogens is 1. The van der Waals surface area contributed by atoms with Gasteiger partial charge in [0.25, 0.3) is 0 Å². The third-order valence-corrected chi connectivity index (χ3v) is 3.67. The molecular formula is C18H24N2O4. The predicted molar refractivity (Wildman–Crippen MR) is 91.9 cm³/mol. The van der Waals surface area contributed by atoms with Gasteiger partial charge >= 0.3 is 12.1 Å². The van der Waals surface area contributed by atoms with E-state index in [1.165, 1.54) is 4.57 Å². The Kier molecular flexibility index (Phi) is 5.98. The Morgan fingerprint density at radius 3 is 2.54 bits per heavy atom. The van der Waals surface area contributed by atoms with E-state index in [0.717, 1.165) is 29.4 Å². The molecule has 1 heterocycles. The number of likely N-dealkylation sites (N-methyl/N-ethyl adjacent to an activating group) is 1. The van der Waals surface area contributed by atoms with Crippen molar-refractivity contribution in [3.05, 3.63) is 36.0 Å². The van der Waals surface area contributed by atoms with Gasteiger partial charge in [0.05, 0.1) is 11.4 Å². The molecule has 6 nitrogen and oxygen atoms in total. The van der Waals surface area contributed by atoms with Crippen molar-refractivity contribution in [2.24, 2.45) is 5.92 Å². The molecule has 2 aromatic rings. The topological polar surface area (TPSA) is 60.8 Å². The number of esters is 1. The molecule has 0 aliphatic rings. The molecule has 0 aliphatic carbocycles. The maximum atomic E-state index is 12.3. The van der Waals surface area contributed by atoms with Crippen LogP contribution in [-0.2, 0) is 20.7 Å². The number of fused-ring (bicyclic) bond motifs is 1. The van der Waals surface area contributed by atoms with E-state index >= 15 is 0 Å². The quantitative estimate of drug-likeness (QED) is 0.601. The second-order valence-electron chi connectivity index (χ2n) is 6.24. The third kappa shape index (κ3) is 4.35. The Hall–Kier alpha value is -2.34. The van der Waals surface area contributed by atoms with Gasteiger partial charge in [0.1, 0.15) is 0 Å². The fourth-order valence-electron chi connectivity index (χ4n) is 2.32. The Morgan fingerprint density at radius 2 is 1.88 bits per heavy atom. The molecule has 2 rings (SSSR count). The minimum Gasteiger partial charge on any atom is -0.428 e. The van der Waals surface area contributed by atoms with Crippen molar-refractivity contribution in [1.29, 1.82) is 0 Å². The van der Waals surface area contributed by atoms with Crippen LogP contribution in [0.1, 0.15) is 19.4 Å². The van der Waals surface area contributed by atoms with Gasteiger partial charge in [-0.25, -0.2) is 4.79 Å². The molecule has 6 heteroatoms. The maximum Gasteiger partial charge on any atom is 0.421 e. The first kappa shape index (κ1) is 18.0. The third-order valence-electron chi connectivity index (χ3n) is 3.67. The lowest BCUT2D eigenvalue weighted by Gasteiger charge is -2.09. The SMILES string of the molecule is CC(C)C(=O)OCOC(=O)n1cc(CCN(C)C)c2ccccc21. The summed E-state index contributed by atoms with van der Waals surface area (Å²) in [5, 5.41) is 1.02. The molecule has 0 fully saturated rings. The summed E-state index contributed by atoms with van der Waals surface area (Å²) in [5.41, 5.74) is 1.86. The summed E-state index contributed by atoms with van der Waals surface area (Å²) >= 11 is 0. The van der Waals surface area contributed by atoms with E-state index in [4.69, 9.17) is 9.47 Å². The van der Waals surface area contributed by atoms with Crippen molar-refractivity contribution in [3.63, 3.8) is 0 Å². The number of carbonyl (C=O) groups excluding carboxylic acids is 2. The van der Waals surface area contributed by atoms with E-state index in [9.17, 15) is 9.59 Å². The summed E-state index contributed by atoms with van der Waals surface area (Å²) in [4.78, 5) is 25.8. The fraction of sp³-hybridized carbons (Fsp3) is 0.444. The molecule has 0 amide bonds. The lowest BCUT2D eigenvalue weighted by atomic mass is 10.1. The second kappa shape index (κ2) is 7.97. The number of hydrogen-bond acceptors (Lipinski definition) is 5. The van der Waals surface area contributed by atoms with Crippen LogP contribution in [0.25, 0.3) is 10.9 Å². The normalized spacial score (nSPS) is 11.2. The number of para-hydroxylation sites is 1. The van der Waals surface area contributed by atoms with Crippen molar-refractivity contribution in [3.8, 4) is 0 Å². The van der Waals surface area contributed by atoms with Crippen molar-refractivity contribution >= 4 is 23.0 Å². The number of rotatable bonds is 6. The molecule has 0 saturated carbocycles. The first-order valence-corrected chi connectivity index (χ1v) is 7.97. The maximum absolute atomic E-state index is 12.3. The minimum atomic E-state index is -0.557. The molecule has 130 valence electrons. The number of ether oxygens (including phenoxy) is 2. The van der Waals surface area contributed by atoms with Crippen LogP contribution in [0.15, 0.2) is 30.5 Å². The van der Waals surface area contributed by atoms with Crippen LogP contribution in [0.3, 0.4) is 0 Å². The van der Waals surface area contributed by atoms with Crippen molar-refractivity contribution in [2.45, 2.75) is 20.3 Å². The summed E-state index contributed by atoms with van der Waals surface area (Å²) in [6, 6.07) is 7.68. The number of carbonyl (C=O) groups is 2. The molecule has 0 unspecified atom stereocenters. The van der Waals surface area contributed by atoms with E-state index in [-0.39, 0.29) is 12.7 Å². The monoisotopic (exact) mass is 332 g/mol. The zero-order valence-corrected chi connectivity index (χ0v) is 14.6. The van der Waals surface area contributed by atoms with Crippen LogP contribution in [0.2, 0.25) is 0 Å². The van der Waals surface area contributed by atoms with Crippen LogP contribution >= 0.6 is 0 Å². The number of hydrogen-bond donors (Lipinski definition) is 0. The van der Waals surface area contributed by atoms with Gasteiger partial charge in [-0.2, -0.15) is 0 Å². The van der Waals surface area contributed by atoms with Crippen LogP contribution in [-0.4, -0.2) is 49.0 Å². The Bertz CT molecular complexity index is 719. The Labute approximate surface area is 141 Å². The summed E-state index contributed by atoms with van der Waals surface area (Å²) in [6.45, 7) is 3.95. The molecule has 0 spiro atoms. The van der Waals surface area contributed by atoms with Crippen molar-refractivity contribution in [1.82, 2.24) is 9.47 Å². The molecule has 1 aromatic heterocycles. The molecule has 0 N–H and O–H groups in total. The first-order valence-electron chi connectivity index (χ1n) is 7.97. The molecule has 1 aromatic carbocycles. The Morgan fingerprint density at radius 1 is 1.17 bits per heavy atom. The highest BCUT2D eigenvalue weighted by Gasteiger charge is 2.15. The van der Waals surface area contributed by atoms with Gasteiger partial charge < -0.3 is 14.4 Å². The molecule has 0 saturated heterocycles. The highest BCUT2D eigenvalue weighted by atomic mass is 16.7. The second-order valence-corrected chi connectivity index (χ2v) is 6.24. The van der Waals surface area contributed by atoms with Gasteiger partial charge in [0.15, 0.2) is 0 Å². The first-order chi connectivity index (χ1) is 11.4. The van der Waals surface area contributed by atoms with Crippen LogP contribution in [0, 0.1) is 5.92 Å². The molecule has 0 atom stereocenters. The lowest BCUT2D eigenvalue weighted by molar-refractivity contribution is -0.155. The van der Waals surface area contributed by atoms with E-state index in [2.05, 4.69) is 4.90 Å². The van der Waals surface area contributed by atoms with E-state index < -0.39 is 12.1 Å². The van der Waals surface area contributed by atoms with Gasteiger partial charge in [-0.1, -0.05) is 32.0 Å². The zero-order valence-electron chi connectivity index (χ0n) is 14.6. The van der Waals surface area contributed by atoms with Crippen molar-refractivity contribution < 1.29 is 19.1 Å². The Balaban J connectivity index is 2.13. The van der Waals surface area contributed by atoms with Crippen LogP contribution < -0.4 is 0 Å². The smallest absolute Gasteiger partial charge is 0.421 e. The highest BCUT2D eigenvalue weighted by Crippen LogP contribution is 2.22. The molecule has 0 aliphatic heterocycles. The average Bonchev–Trinajstić information content (AvgIpc) is 2.91. The van der Waals surface area contributed by atoms with Gasteiger partial charge in [0, 0.05) is 18.1 Å². The molecule has 0 bridgehead atoms. The van der Waals surface area contributed by atoms with Gasteiger partial charge in [-0.05, 0) is 32.1 Å². The summed E-state index contributed by atoms with van der Waals surface area (Å²) in [7, 11) is 4.02. The minimum absolute atomic E-state index is 0.256. The van der Waals surface area contributed by atoms with E-state index in [1.54, 1.807) is 20.0 Å². The number of nitrogens with zero attached hydrogens (tertiary/aromatic N) is 2. The molecule has 24 heavy (non-hydrogen) atoms. The average molecular weight is 332 g/mol. The van der Waals surface area contributed by atoms with Gasteiger partial charge in [0.2, 0.25) is 6.79 Å². The van der Waals surface area contributed by atoms with Crippen LogP contribution in [0.4, 0.5) is 4.79 Å². The lowest BCUT2D eigenvalue weighted by Crippen LogP contribution is -2.19. The van der Waals surface area contributed by atoms with E-state index in [0.29, 0.717) is 0 Å². The summed E-state index contributed by atoms with van der Waals surface area (Å²) < 4.78 is 11.4. The van der Waals surface area contributed by atoms with Gasteiger partial charge in [-0.3, -0.25) is 9.36 Å². The molecular weight excluding hydrogens is 308 g/mol. The van der Waals surface area contributed by atoms with Crippen molar-refractivity contribution in [2.75, 3.05) is 27.4 Å². The van der Waals surface area contributed by atoms with Crippen LogP contribution in [0.5, 0.6) is 0 Å². The summed E-state index contributed by atoms with van der Waals surface area (Å²) in [6.07, 6.45) is 2.07. The molecule has 0 radical (unpaired) electrons. The highest BCUT2D eigenvalue weighted by molar-refractivity contribution is 5.92. The summed E-state index contributed by atoms with van der Waals surface area (Å²) in [5.74, 6) is -0.652. The largest absolute Gasteiger partial charge is 0.428 e. The fourth-order valence-corrected chi connectivity index (χ4v) is 2.32. The van der Waals surface area contributed by atoms with E-state index in [1.807, 2.05) is 38.4 Å². The van der Waals surface area contributed by atoms with Gasteiger partial charge in [-0.15, -0.1) is 0 Å². The number of benzene rings is 1. The predicted octanol–water partition coefficient (Wildman–Crippen LogP) is 2.89. The zero-order chi connectivity index (χ0) is 17.7.